The van der Waals surface area contributed by atoms with Crippen molar-refractivity contribution in [2.45, 2.75) is 12.8 Å². The summed E-state index contributed by atoms with van der Waals surface area (Å²) in [5.41, 5.74) is 3.31. The highest BCUT2D eigenvalue weighted by Gasteiger charge is 2.14. The molecule has 0 bridgehead atoms. The van der Waals surface area contributed by atoms with Gasteiger partial charge in [0.2, 0.25) is 0 Å². The van der Waals surface area contributed by atoms with Gasteiger partial charge >= 0.3 is 0 Å². The summed E-state index contributed by atoms with van der Waals surface area (Å²) < 4.78 is 0. The number of benzene rings is 1. The molecular weight excluding hydrogens is 250 g/mol. The van der Waals surface area contributed by atoms with Crippen molar-refractivity contribution in [3.05, 3.63) is 34.9 Å². The Hall–Kier alpha value is -1.39. The van der Waals surface area contributed by atoms with Gasteiger partial charge in [0, 0.05) is 10.6 Å². The van der Waals surface area contributed by atoms with Crippen LogP contribution in [-0.4, -0.2) is 36.7 Å². The summed E-state index contributed by atoms with van der Waals surface area (Å²) in [6.07, 6.45) is 3.91. The first kappa shape index (κ1) is 13.1. The van der Waals surface area contributed by atoms with Crippen LogP contribution >= 0.6 is 11.6 Å². The zero-order chi connectivity index (χ0) is 12.8. The van der Waals surface area contributed by atoms with Gasteiger partial charge in [-0.15, -0.1) is 0 Å². The monoisotopic (exact) mass is 265 g/mol. The fourth-order valence-corrected chi connectivity index (χ4v) is 2.12. The molecule has 1 amide bonds. The van der Waals surface area contributed by atoms with Crippen LogP contribution in [0.4, 0.5) is 0 Å². The van der Waals surface area contributed by atoms with E-state index in [2.05, 4.69) is 15.4 Å². The predicted molar refractivity (Wildman–Crippen MR) is 72.9 cm³/mol. The summed E-state index contributed by atoms with van der Waals surface area (Å²) in [5.74, 6) is -0.0831. The van der Waals surface area contributed by atoms with Crippen molar-refractivity contribution in [1.82, 2.24) is 10.3 Å². The minimum Gasteiger partial charge on any atom is -0.294 e. The fraction of sp³-hybridized carbons (Fsp3) is 0.385. The number of hydrogen-bond donors (Lipinski definition) is 1. The number of nitrogens with one attached hydrogen (secondary N) is 1. The van der Waals surface area contributed by atoms with Gasteiger partial charge in [0.05, 0.1) is 12.8 Å². The molecule has 1 heterocycles. The molecule has 0 aliphatic carbocycles. The lowest BCUT2D eigenvalue weighted by Crippen LogP contribution is -2.33. The van der Waals surface area contributed by atoms with E-state index in [9.17, 15) is 4.79 Å². The molecule has 1 N–H and O–H groups in total. The molecule has 96 valence electrons. The number of amides is 1. The van der Waals surface area contributed by atoms with Crippen molar-refractivity contribution < 1.29 is 4.79 Å². The quantitative estimate of drug-likeness (QED) is 0.667. The molecule has 5 heteroatoms. The summed E-state index contributed by atoms with van der Waals surface area (Å²) in [6.45, 7) is 2.42. The van der Waals surface area contributed by atoms with Gasteiger partial charge in [-0.3, -0.25) is 9.69 Å². The minimum atomic E-state index is -0.0831. The lowest BCUT2D eigenvalue weighted by atomic mass is 10.2. The number of hydrazone groups is 1. The first-order valence-corrected chi connectivity index (χ1v) is 6.42. The highest BCUT2D eigenvalue weighted by atomic mass is 35.5. The normalized spacial score (nSPS) is 16.3. The second-order valence-corrected chi connectivity index (χ2v) is 4.71. The van der Waals surface area contributed by atoms with E-state index in [0.29, 0.717) is 11.6 Å². The van der Waals surface area contributed by atoms with Crippen molar-refractivity contribution in [1.29, 1.82) is 0 Å². The molecule has 1 saturated heterocycles. The summed E-state index contributed by atoms with van der Waals surface area (Å²) in [4.78, 5) is 13.7. The Morgan fingerprint density at radius 1 is 1.39 bits per heavy atom. The van der Waals surface area contributed by atoms with Crippen molar-refractivity contribution in [3.8, 4) is 0 Å². The van der Waals surface area contributed by atoms with Gasteiger partial charge in [0.1, 0.15) is 0 Å². The van der Waals surface area contributed by atoms with Crippen molar-refractivity contribution in [3.63, 3.8) is 0 Å². The highest BCUT2D eigenvalue weighted by Crippen LogP contribution is 2.12. The molecule has 0 atom stereocenters. The maximum absolute atomic E-state index is 11.6. The SMILES string of the molecule is O=C(CN1CCCC1)NN=Cc1ccccc1Cl. The maximum atomic E-state index is 11.6. The molecule has 1 aliphatic rings. The van der Waals surface area contributed by atoms with E-state index in [1.54, 1.807) is 12.3 Å². The molecule has 1 aliphatic heterocycles. The van der Waals surface area contributed by atoms with Crippen LogP contribution in [0.5, 0.6) is 0 Å². The minimum absolute atomic E-state index is 0.0831. The molecule has 1 fully saturated rings. The Morgan fingerprint density at radius 2 is 2.11 bits per heavy atom. The van der Waals surface area contributed by atoms with Gasteiger partial charge in [-0.05, 0) is 32.0 Å². The molecule has 18 heavy (non-hydrogen) atoms. The number of rotatable bonds is 4. The molecule has 2 rings (SSSR count). The van der Waals surface area contributed by atoms with E-state index in [0.717, 1.165) is 18.7 Å². The standard InChI is InChI=1S/C13H16ClN3O/c14-12-6-2-1-5-11(12)9-15-16-13(18)10-17-7-3-4-8-17/h1-2,5-6,9H,3-4,7-8,10H2,(H,16,18). The summed E-state index contributed by atoms with van der Waals surface area (Å²) >= 11 is 5.96. The number of carbonyl (C=O) groups is 1. The van der Waals surface area contributed by atoms with Crippen LogP contribution in [0, 0.1) is 0 Å². The first-order valence-electron chi connectivity index (χ1n) is 6.04. The summed E-state index contributed by atoms with van der Waals surface area (Å²) in [7, 11) is 0. The third kappa shape index (κ3) is 3.82. The Morgan fingerprint density at radius 3 is 2.83 bits per heavy atom. The van der Waals surface area contributed by atoms with E-state index >= 15 is 0 Å². The lowest BCUT2D eigenvalue weighted by Gasteiger charge is -2.12. The average Bonchev–Trinajstić information content (AvgIpc) is 2.84. The molecule has 0 saturated carbocycles. The Bertz CT molecular complexity index is 442. The average molecular weight is 266 g/mol. The van der Waals surface area contributed by atoms with Gasteiger partial charge in [0.25, 0.3) is 5.91 Å². The largest absolute Gasteiger partial charge is 0.294 e. The number of halogens is 1. The van der Waals surface area contributed by atoms with Crippen molar-refractivity contribution >= 4 is 23.7 Å². The Labute approximate surface area is 112 Å². The van der Waals surface area contributed by atoms with Gasteiger partial charge in [-0.1, -0.05) is 29.8 Å². The first-order chi connectivity index (χ1) is 8.75. The number of hydrogen-bond acceptors (Lipinski definition) is 3. The van der Waals surface area contributed by atoms with Gasteiger partial charge in [-0.25, -0.2) is 5.43 Å². The van der Waals surface area contributed by atoms with Gasteiger partial charge in [-0.2, -0.15) is 5.10 Å². The molecule has 0 spiro atoms. The van der Waals surface area contributed by atoms with Gasteiger partial charge < -0.3 is 0 Å². The van der Waals surface area contributed by atoms with Crippen LogP contribution in [-0.2, 0) is 4.79 Å². The molecule has 0 unspecified atom stereocenters. The Balaban J connectivity index is 1.80. The van der Waals surface area contributed by atoms with Crippen LogP contribution in [0.3, 0.4) is 0 Å². The number of carbonyl (C=O) groups excluding carboxylic acids is 1. The second-order valence-electron chi connectivity index (χ2n) is 4.30. The third-order valence-electron chi connectivity index (χ3n) is 2.86. The fourth-order valence-electron chi connectivity index (χ4n) is 1.93. The zero-order valence-electron chi connectivity index (χ0n) is 10.1. The predicted octanol–water partition coefficient (Wildman–Crippen LogP) is 1.89. The zero-order valence-corrected chi connectivity index (χ0v) is 10.9. The summed E-state index contributed by atoms with van der Waals surface area (Å²) in [6, 6.07) is 7.36. The highest BCUT2D eigenvalue weighted by molar-refractivity contribution is 6.33. The van der Waals surface area contributed by atoms with E-state index in [1.165, 1.54) is 12.8 Å². The molecule has 0 radical (unpaired) electrons. The number of likely N-dealkylation sites (tertiary alicyclic amines) is 1. The van der Waals surface area contributed by atoms with Crippen LogP contribution in [0.2, 0.25) is 5.02 Å². The molecule has 4 nitrogen and oxygen atoms in total. The lowest BCUT2D eigenvalue weighted by molar-refractivity contribution is -0.121. The topological polar surface area (TPSA) is 44.7 Å². The molecular formula is C13H16ClN3O. The van der Waals surface area contributed by atoms with Crippen LogP contribution in [0.1, 0.15) is 18.4 Å². The van der Waals surface area contributed by atoms with Gasteiger partial charge in [0.15, 0.2) is 0 Å². The van der Waals surface area contributed by atoms with E-state index < -0.39 is 0 Å². The van der Waals surface area contributed by atoms with Crippen molar-refractivity contribution in [2.24, 2.45) is 5.10 Å². The van der Waals surface area contributed by atoms with E-state index in [1.807, 2.05) is 18.2 Å². The van der Waals surface area contributed by atoms with Crippen LogP contribution < -0.4 is 5.43 Å². The van der Waals surface area contributed by atoms with E-state index in [-0.39, 0.29) is 5.91 Å². The van der Waals surface area contributed by atoms with Crippen LogP contribution in [0.15, 0.2) is 29.4 Å². The smallest absolute Gasteiger partial charge is 0.254 e. The molecule has 1 aromatic rings. The maximum Gasteiger partial charge on any atom is 0.254 e. The molecule has 1 aromatic carbocycles. The number of nitrogens with zero attached hydrogens (tertiary/aromatic N) is 2. The second kappa shape index (κ2) is 6.52. The van der Waals surface area contributed by atoms with Crippen molar-refractivity contribution in [2.75, 3.05) is 19.6 Å². The molecule has 0 aromatic heterocycles. The Kier molecular flexibility index (Phi) is 4.73. The summed E-state index contributed by atoms with van der Waals surface area (Å²) in [5, 5.41) is 4.53. The van der Waals surface area contributed by atoms with E-state index in [4.69, 9.17) is 11.6 Å². The van der Waals surface area contributed by atoms with Crippen LogP contribution in [0.25, 0.3) is 0 Å². The third-order valence-corrected chi connectivity index (χ3v) is 3.21.